The summed E-state index contributed by atoms with van der Waals surface area (Å²) in [6.45, 7) is 2.22. The molecule has 0 saturated heterocycles. The van der Waals surface area contributed by atoms with Crippen LogP contribution in [0.2, 0.25) is 0 Å². The van der Waals surface area contributed by atoms with Gasteiger partial charge < -0.3 is 14.8 Å². The van der Waals surface area contributed by atoms with Gasteiger partial charge in [0, 0.05) is 22.8 Å². The first-order valence-corrected chi connectivity index (χ1v) is 11.1. The third kappa shape index (κ3) is 3.01. The summed E-state index contributed by atoms with van der Waals surface area (Å²) in [5, 5.41) is 3.33. The summed E-state index contributed by atoms with van der Waals surface area (Å²) in [6.07, 6.45) is 5.68. The molecule has 0 fully saturated rings. The summed E-state index contributed by atoms with van der Waals surface area (Å²) in [4.78, 5) is 13.0. The third-order valence-electron chi connectivity index (χ3n) is 6.47. The number of aryl methyl sites for hydroxylation is 1. The van der Waals surface area contributed by atoms with Crippen molar-refractivity contribution in [3.8, 4) is 17.2 Å². The van der Waals surface area contributed by atoms with Crippen LogP contribution in [0.3, 0.4) is 0 Å². The monoisotopic (exact) mass is 413 g/mol. The van der Waals surface area contributed by atoms with E-state index in [0.29, 0.717) is 5.56 Å². The summed E-state index contributed by atoms with van der Waals surface area (Å²) < 4.78 is 12.1. The largest absolute Gasteiger partial charge is 0.496 e. The van der Waals surface area contributed by atoms with Gasteiger partial charge >= 0.3 is 0 Å². The molecule has 158 valence electrons. The molecule has 1 N–H and O–H groups in total. The molecule has 2 heterocycles. The van der Waals surface area contributed by atoms with Crippen LogP contribution in [0.1, 0.15) is 65.2 Å². The molecule has 2 aliphatic heterocycles. The number of fused-ring (bicyclic) bond motifs is 6. The Morgan fingerprint density at radius 3 is 2.48 bits per heavy atom. The third-order valence-corrected chi connectivity index (χ3v) is 6.47. The summed E-state index contributed by atoms with van der Waals surface area (Å²) >= 11 is 0. The highest BCUT2D eigenvalue weighted by atomic mass is 16.5. The van der Waals surface area contributed by atoms with Crippen molar-refractivity contribution in [3.05, 3.63) is 88.5 Å². The van der Waals surface area contributed by atoms with Gasteiger partial charge in [-0.2, -0.15) is 0 Å². The number of hydrogen-bond donors (Lipinski definition) is 1. The normalized spacial score (nSPS) is 18.1. The smallest absolute Gasteiger partial charge is 0.252 e. The van der Waals surface area contributed by atoms with Crippen LogP contribution in [0, 0.1) is 0 Å². The zero-order valence-corrected chi connectivity index (χ0v) is 18.0. The Bertz CT molecular complexity index is 1150. The predicted molar refractivity (Wildman–Crippen MR) is 121 cm³/mol. The lowest BCUT2D eigenvalue weighted by Crippen LogP contribution is -2.43. The van der Waals surface area contributed by atoms with E-state index < -0.39 is 5.54 Å². The molecule has 4 nitrogen and oxygen atoms in total. The van der Waals surface area contributed by atoms with E-state index in [9.17, 15) is 4.79 Å². The van der Waals surface area contributed by atoms with Crippen molar-refractivity contribution < 1.29 is 14.3 Å². The molecule has 0 aromatic heterocycles. The van der Waals surface area contributed by atoms with E-state index in [2.05, 4.69) is 18.3 Å². The van der Waals surface area contributed by atoms with Gasteiger partial charge in [-0.15, -0.1) is 0 Å². The number of nitrogens with one attached hydrogen (secondary N) is 1. The zero-order chi connectivity index (χ0) is 21.4. The Kier molecular flexibility index (Phi) is 4.93. The minimum atomic E-state index is -0.762. The molecule has 0 aliphatic carbocycles. The van der Waals surface area contributed by atoms with Crippen LogP contribution < -0.4 is 14.8 Å². The van der Waals surface area contributed by atoms with Crippen LogP contribution in [0.25, 0.3) is 0 Å². The number of unbranched alkanes of at least 4 members (excludes halogenated alkanes) is 3. The molecule has 3 aromatic carbocycles. The molecule has 5 rings (SSSR count). The van der Waals surface area contributed by atoms with Crippen molar-refractivity contribution in [1.29, 1.82) is 0 Å². The fraction of sp³-hybridized carbons (Fsp3) is 0.296. The highest BCUT2D eigenvalue weighted by Gasteiger charge is 2.51. The SMILES string of the molecule is CCCCCCc1cc2c(cc1OC)Oc1ccccc1C21NC(=O)c2ccccc21. The Balaban J connectivity index is 1.71. The van der Waals surface area contributed by atoms with Crippen molar-refractivity contribution in [3.63, 3.8) is 0 Å². The number of carbonyl (C=O) groups excluding carboxylic acids is 1. The molecule has 1 atom stereocenters. The number of benzene rings is 3. The van der Waals surface area contributed by atoms with Crippen LogP contribution in [-0.4, -0.2) is 13.0 Å². The average Bonchev–Trinajstić information content (AvgIpc) is 3.10. The van der Waals surface area contributed by atoms with Gasteiger partial charge in [-0.3, -0.25) is 4.79 Å². The van der Waals surface area contributed by atoms with Crippen molar-refractivity contribution in [2.24, 2.45) is 0 Å². The van der Waals surface area contributed by atoms with Gasteiger partial charge in [0.15, 0.2) is 0 Å². The maximum absolute atomic E-state index is 13.0. The van der Waals surface area contributed by atoms with Gasteiger partial charge in [-0.05, 0) is 42.2 Å². The van der Waals surface area contributed by atoms with Gasteiger partial charge in [-0.1, -0.05) is 62.6 Å². The second-order valence-electron chi connectivity index (χ2n) is 8.32. The average molecular weight is 414 g/mol. The Labute approximate surface area is 183 Å². The molecule has 2 aliphatic rings. The van der Waals surface area contributed by atoms with Gasteiger partial charge in [0.05, 0.1) is 7.11 Å². The van der Waals surface area contributed by atoms with E-state index in [1.165, 1.54) is 19.3 Å². The van der Waals surface area contributed by atoms with E-state index in [1.54, 1.807) is 7.11 Å². The van der Waals surface area contributed by atoms with Gasteiger partial charge in [0.1, 0.15) is 22.8 Å². The Hall–Kier alpha value is -3.27. The van der Waals surface area contributed by atoms with Crippen LogP contribution in [-0.2, 0) is 12.0 Å². The number of carbonyl (C=O) groups is 1. The minimum absolute atomic E-state index is 0.0569. The zero-order valence-electron chi connectivity index (χ0n) is 18.0. The van der Waals surface area contributed by atoms with E-state index >= 15 is 0 Å². The number of hydrogen-bond acceptors (Lipinski definition) is 3. The summed E-state index contributed by atoms with van der Waals surface area (Å²) in [6, 6.07) is 20.0. The second-order valence-corrected chi connectivity index (χ2v) is 8.32. The van der Waals surface area contributed by atoms with Crippen molar-refractivity contribution in [1.82, 2.24) is 5.32 Å². The maximum atomic E-state index is 13.0. The lowest BCUT2D eigenvalue weighted by molar-refractivity contribution is 0.0946. The molecule has 0 saturated carbocycles. The lowest BCUT2D eigenvalue weighted by Gasteiger charge is -2.38. The second kappa shape index (κ2) is 7.77. The highest BCUT2D eigenvalue weighted by Crippen LogP contribution is 2.54. The molecule has 0 bridgehead atoms. The maximum Gasteiger partial charge on any atom is 0.252 e. The van der Waals surface area contributed by atoms with Crippen molar-refractivity contribution >= 4 is 5.91 Å². The summed E-state index contributed by atoms with van der Waals surface area (Å²) in [5.41, 5.74) is 4.00. The number of methoxy groups -OCH3 is 1. The number of para-hydroxylation sites is 1. The predicted octanol–water partition coefficient (Wildman–Crippen LogP) is 5.96. The van der Waals surface area contributed by atoms with E-state index in [-0.39, 0.29) is 5.91 Å². The quantitative estimate of drug-likeness (QED) is 0.507. The number of amides is 1. The molecule has 1 unspecified atom stereocenters. The first-order valence-electron chi connectivity index (χ1n) is 11.1. The van der Waals surface area contributed by atoms with Crippen LogP contribution in [0.4, 0.5) is 0 Å². The van der Waals surface area contributed by atoms with Crippen molar-refractivity contribution in [2.45, 2.75) is 44.6 Å². The fourth-order valence-corrected chi connectivity index (χ4v) is 4.98. The van der Waals surface area contributed by atoms with Gasteiger partial charge in [-0.25, -0.2) is 0 Å². The summed E-state index contributed by atoms with van der Waals surface area (Å²) in [7, 11) is 1.70. The van der Waals surface area contributed by atoms with Crippen LogP contribution in [0.5, 0.6) is 17.2 Å². The first kappa shape index (κ1) is 19.7. The summed E-state index contributed by atoms with van der Waals surface area (Å²) in [5.74, 6) is 2.26. The van der Waals surface area contributed by atoms with E-state index in [4.69, 9.17) is 9.47 Å². The molecule has 3 aromatic rings. The van der Waals surface area contributed by atoms with Gasteiger partial charge in [0.25, 0.3) is 5.91 Å². The molecular weight excluding hydrogens is 386 g/mol. The van der Waals surface area contributed by atoms with Crippen molar-refractivity contribution in [2.75, 3.05) is 7.11 Å². The van der Waals surface area contributed by atoms with Crippen LogP contribution >= 0.6 is 0 Å². The molecule has 31 heavy (non-hydrogen) atoms. The lowest BCUT2D eigenvalue weighted by atomic mass is 9.75. The number of rotatable bonds is 6. The molecule has 1 spiro atoms. The molecular formula is C27H27NO3. The van der Waals surface area contributed by atoms with Crippen LogP contribution in [0.15, 0.2) is 60.7 Å². The topological polar surface area (TPSA) is 47.6 Å². The molecule has 0 radical (unpaired) electrons. The van der Waals surface area contributed by atoms with E-state index in [1.807, 2.05) is 54.6 Å². The van der Waals surface area contributed by atoms with E-state index in [0.717, 1.165) is 52.3 Å². The Morgan fingerprint density at radius 1 is 0.903 bits per heavy atom. The molecule has 1 amide bonds. The van der Waals surface area contributed by atoms with Gasteiger partial charge in [0.2, 0.25) is 0 Å². The first-order chi connectivity index (χ1) is 15.2. The fourth-order valence-electron chi connectivity index (χ4n) is 4.98. The highest BCUT2D eigenvalue weighted by molar-refractivity contribution is 6.02. The molecule has 4 heteroatoms. The number of ether oxygens (including phenoxy) is 2. The minimum Gasteiger partial charge on any atom is -0.496 e. The Morgan fingerprint density at radius 2 is 1.68 bits per heavy atom. The standard InChI is InChI=1S/C27H27NO3/c1-3-4-5-6-11-18-16-22-25(17-24(18)30-2)31-23-15-10-9-14-21(23)27(22)20-13-8-7-12-19(20)26(29)28-27/h7-10,12-17H,3-6,11H2,1-2H3,(H,28,29).